The van der Waals surface area contributed by atoms with Crippen LogP contribution in [0.3, 0.4) is 0 Å². The van der Waals surface area contributed by atoms with E-state index in [0.29, 0.717) is 25.1 Å². The molecule has 2 aromatic rings. The van der Waals surface area contributed by atoms with E-state index >= 15 is 0 Å². The van der Waals surface area contributed by atoms with Crippen molar-refractivity contribution >= 4 is 22.7 Å². The van der Waals surface area contributed by atoms with E-state index in [2.05, 4.69) is 21.7 Å². The number of aromatic amines is 1. The topological polar surface area (TPSA) is 91.1 Å². The van der Waals surface area contributed by atoms with E-state index in [0.717, 1.165) is 22.0 Å². The minimum atomic E-state index is -0.156. The Hall–Kier alpha value is -2.63. The minimum absolute atomic E-state index is 0.125. The summed E-state index contributed by atoms with van der Waals surface area (Å²) in [6.07, 6.45) is 0.691. The molecular formula is C18H23N3O3. The second-order valence-electron chi connectivity index (χ2n) is 6.00. The highest BCUT2D eigenvalue weighted by Gasteiger charge is 2.07. The van der Waals surface area contributed by atoms with Crippen LogP contribution < -0.4 is 16.2 Å². The molecule has 0 radical (unpaired) electrons. The quantitative estimate of drug-likeness (QED) is 0.747. The van der Waals surface area contributed by atoms with Gasteiger partial charge in [0.1, 0.15) is 0 Å². The van der Waals surface area contributed by atoms with E-state index in [-0.39, 0.29) is 23.8 Å². The number of amides is 2. The van der Waals surface area contributed by atoms with Crippen molar-refractivity contribution in [1.29, 1.82) is 0 Å². The number of fused-ring (bicyclic) bond motifs is 1. The first-order valence-electron chi connectivity index (χ1n) is 8.01. The van der Waals surface area contributed by atoms with Crippen molar-refractivity contribution in [3.63, 3.8) is 0 Å². The van der Waals surface area contributed by atoms with Gasteiger partial charge < -0.3 is 15.6 Å². The molecule has 1 heterocycles. The molecule has 0 fully saturated rings. The number of aromatic nitrogens is 1. The number of H-pyrrole nitrogens is 1. The molecular weight excluding hydrogens is 306 g/mol. The van der Waals surface area contributed by atoms with E-state index < -0.39 is 0 Å². The van der Waals surface area contributed by atoms with Crippen molar-refractivity contribution in [2.24, 2.45) is 0 Å². The van der Waals surface area contributed by atoms with Gasteiger partial charge in [-0.2, -0.15) is 0 Å². The molecule has 2 amide bonds. The van der Waals surface area contributed by atoms with Crippen molar-refractivity contribution < 1.29 is 9.59 Å². The normalized spacial score (nSPS) is 10.6. The summed E-state index contributed by atoms with van der Waals surface area (Å²) in [7, 11) is 0. The second-order valence-corrected chi connectivity index (χ2v) is 6.00. The van der Waals surface area contributed by atoms with Gasteiger partial charge in [0.05, 0.1) is 0 Å². The number of rotatable bonds is 6. The van der Waals surface area contributed by atoms with Crippen LogP contribution in [0.25, 0.3) is 10.9 Å². The highest BCUT2D eigenvalue weighted by Crippen LogP contribution is 2.18. The van der Waals surface area contributed by atoms with Crippen molar-refractivity contribution in [3.8, 4) is 0 Å². The van der Waals surface area contributed by atoms with Crippen molar-refractivity contribution in [2.45, 2.75) is 33.6 Å². The van der Waals surface area contributed by atoms with Crippen LogP contribution in [0.4, 0.5) is 0 Å². The molecule has 1 aromatic carbocycles. The largest absolute Gasteiger partial charge is 0.356 e. The minimum Gasteiger partial charge on any atom is -0.356 e. The van der Waals surface area contributed by atoms with E-state index in [1.54, 1.807) is 0 Å². The smallest absolute Gasteiger partial charge is 0.251 e. The third-order valence-electron chi connectivity index (χ3n) is 3.83. The number of benzene rings is 1. The number of carbonyl (C=O) groups is 2. The molecule has 1 aromatic heterocycles. The Morgan fingerprint density at radius 1 is 1.08 bits per heavy atom. The third kappa shape index (κ3) is 4.68. The van der Waals surface area contributed by atoms with Gasteiger partial charge in [-0.3, -0.25) is 14.4 Å². The summed E-state index contributed by atoms with van der Waals surface area (Å²) >= 11 is 0. The maximum atomic E-state index is 12.2. The van der Waals surface area contributed by atoms with Gasteiger partial charge in [0.25, 0.3) is 5.56 Å². The summed E-state index contributed by atoms with van der Waals surface area (Å²) in [5.41, 5.74) is 3.58. The molecule has 24 heavy (non-hydrogen) atoms. The van der Waals surface area contributed by atoms with Crippen LogP contribution in [0.15, 0.2) is 23.0 Å². The van der Waals surface area contributed by atoms with Gasteiger partial charge in [0.15, 0.2) is 0 Å². The average Bonchev–Trinajstić information content (AvgIpc) is 2.47. The summed E-state index contributed by atoms with van der Waals surface area (Å²) in [6, 6.07) is 5.93. The average molecular weight is 329 g/mol. The van der Waals surface area contributed by atoms with Crippen molar-refractivity contribution in [1.82, 2.24) is 15.6 Å². The zero-order valence-electron chi connectivity index (χ0n) is 14.3. The molecule has 0 aliphatic heterocycles. The fraction of sp³-hybridized carbons (Fsp3) is 0.389. The number of pyridine rings is 1. The van der Waals surface area contributed by atoms with Crippen LogP contribution in [0.5, 0.6) is 0 Å². The van der Waals surface area contributed by atoms with Gasteiger partial charge in [-0.25, -0.2) is 0 Å². The highest BCUT2D eigenvalue weighted by atomic mass is 16.2. The number of hydrogen-bond acceptors (Lipinski definition) is 3. The Balaban J connectivity index is 1.98. The van der Waals surface area contributed by atoms with Crippen LogP contribution in [0.2, 0.25) is 0 Å². The lowest BCUT2D eigenvalue weighted by Gasteiger charge is -2.08. The lowest BCUT2D eigenvalue weighted by Crippen LogP contribution is -2.31. The predicted octanol–water partition coefficient (Wildman–Crippen LogP) is 1.33. The van der Waals surface area contributed by atoms with Gasteiger partial charge >= 0.3 is 0 Å². The molecule has 6 heteroatoms. The number of carbonyl (C=O) groups excluding carboxylic acids is 2. The van der Waals surface area contributed by atoms with Crippen molar-refractivity contribution in [3.05, 3.63) is 45.2 Å². The summed E-state index contributed by atoms with van der Waals surface area (Å²) in [5.74, 6) is -0.302. The molecule has 0 aliphatic rings. The predicted molar refractivity (Wildman–Crippen MR) is 94.1 cm³/mol. The van der Waals surface area contributed by atoms with Crippen LogP contribution >= 0.6 is 0 Å². The zero-order chi connectivity index (χ0) is 17.7. The maximum Gasteiger partial charge on any atom is 0.251 e. The lowest BCUT2D eigenvalue weighted by atomic mass is 10.0. The number of aryl methyl sites for hydroxylation is 2. The number of hydrogen-bond donors (Lipinski definition) is 3. The van der Waals surface area contributed by atoms with Gasteiger partial charge in [-0.05, 0) is 43.5 Å². The van der Waals surface area contributed by atoms with Gasteiger partial charge in [-0.1, -0.05) is 6.07 Å². The molecule has 0 saturated heterocycles. The maximum absolute atomic E-state index is 12.2. The Kier molecular flexibility index (Phi) is 5.73. The van der Waals surface area contributed by atoms with E-state index in [4.69, 9.17) is 0 Å². The summed E-state index contributed by atoms with van der Waals surface area (Å²) in [6.45, 7) is 6.12. The first-order valence-corrected chi connectivity index (χ1v) is 8.01. The third-order valence-corrected chi connectivity index (χ3v) is 3.83. The monoisotopic (exact) mass is 329 g/mol. The molecule has 3 N–H and O–H groups in total. The molecule has 0 atom stereocenters. The highest BCUT2D eigenvalue weighted by molar-refractivity contribution is 5.83. The lowest BCUT2D eigenvalue weighted by molar-refractivity contribution is -0.121. The Morgan fingerprint density at radius 3 is 2.54 bits per heavy atom. The molecule has 6 nitrogen and oxygen atoms in total. The van der Waals surface area contributed by atoms with E-state index in [1.165, 1.54) is 6.92 Å². The molecule has 0 unspecified atom stereocenters. The molecule has 0 saturated carbocycles. The fourth-order valence-electron chi connectivity index (χ4n) is 2.68. The van der Waals surface area contributed by atoms with E-state index in [9.17, 15) is 14.4 Å². The number of nitrogens with one attached hydrogen (secondary N) is 3. The van der Waals surface area contributed by atoms with Crippen molar-refractivity contribution in [2.75, 3.05) is 13.1 Å². The first kappa shape index (κ1) is 17.7. The van der Waals surface area contributed by atoms with Crippen LogP contribution in [0.1, 0.15) is 30.0 Å². The molecule has 128 valence electrons. The standard InChI is InChI=1S/C18H23N3O3/c1-11-8-12(2)15-10-14(18(24)21-16(15)9-11)4-6-20-17(23)5-7-19-13(3)22/h8-10H,4-7H2,1-3H3,(H,19,22)(H,20,23)(H,21,24). The SMILES string of the molecule is CC(=O)NCCC(=O)NCCc1cc2c(C)cc(C)cc2[nH]c1=O. The zero-order valence-corrected chi connectivity index (χ0v) is 14.3. The molecule has 2 rings (SSSR count). The van der Waals surface area contributed by atoms with Crippen LogP contribution in [-0.2, 0) is 16.0 Å². The molecule has 0 spiro atoms. The summed E-state index contributed by atoms with van der Waals surface area (Å²) in [5, 5.41) is 6.35. The Labute approximate surface area is 140 Å². The van der Waals surface area contributed by atoms with Crippen LogP contribution in [0, 0.1) is 13.8 Å². The van der Waals surface area contributed by atoms with Crippen LogP contribution in [-0.4, -0.2) is 29.9 Å². The molecule has 0 aliphatic carbocycles. The Morgan fingerprint density at radius 2 is 1.83 bits per heavy atom. The van der Waals surface area contributed by atoms with Gasteiger partial charge in [-0.15, -0.1) is 0 Å². The molecule has 0 bridgehead atoms. The van der Waals surface area contributed by atoms with E-state index in [1.807, 2.05) is 26.0 Å². The Bertz CT molecular complexity index is 824. The first-order chi connectivity index (χ1) is 11.4. The van der Waals surface area contributed by atoms with Gasteiger partial charge in [0, 0.05) is 42.9 Å². The fourth-order valence-corrected chi connectivity index (χ4v) is 2.68. The van der Waals surface area contributed by atoms with Gasteiger partial charge in [0.2, 0.25) is 11.8 Å². The summed E-state index contributed by atoms with van der Waals surface area (Å²) < 4.78 is 0. The summed E-state index contributed by atoms with van der Waals surface area (Å²) in [4.78, 5) is 37.5. The second kappa shape index (κ2) is 7.77.